The molecule has 8 nitrogen and oxygen atoms in total. The first-order valence-corrected chi connectivity index (χ1v) is 9.96. The second-order valence-corrected chi connectivity index (χ2v) is 7.41. The molecule has 0 spiro atoms. The molecule has 9 heteroatoms. The molecule has 4 rings (SSSR count). The average molecular weight is 438 g/mol. The summed E-state index contributed by atoms with van der Waals surface area (Å²) in [4.78, 5) is 16.9. The van der Waals surface area contributed by atoms with Crippen LogP contribution in [0, 0.1) is 13.8 Å². The summed E-state index contributed by atoms with van der Waals surface area (Å²) in [5.41, 5.74) is 2.67. The Balaban J connectivity index is 1.43. The van der Waals surface area contributed by atoms with E-state index in [1.165, 1.54) is 6.33 Å². The fraction of sp³-hybridized carbons (Fsp3) is 0.182. The standard InChI is InChI=1S/C22H20ClN5O3/c1-14-6-3-4-9-19(14)30-12-18-15(2)31-27-20(18)21(29)25-22-24-13-28(26-22)11-16-7-5-8-17(23)10-16/h3-10,13H,11-12H2,1-2H3,(H,25,26,29). The highest BCUT2D eigenvalue weighted by Gasteiger charge is 2.22. The summed E-state index contributed by atoms with van der Waals surface area (Å²) in [6, 6.07) is 15.1. The molecule has 0 saturated heterocycles. The van der Waals surface area contributed by atoms with Crippen LogP contribution >= 0.6 is 11.6 Å². The van der Waals surface area contributed by atoms with Gasteiger partial charge in [-0.1, -0.05) is 47.1 Å². The molecule has 0 fully saturated rings. The Bertz CT molecular complexity index is 1220. The maximum Gasteiger partial charge on any atom is 0.280 e. The molecule has 1 amide bonds. The van der Waals surface area contributed by atoms with Crippen LogP contribution in [-0.4, -0.2) is 25.8 Å². The number of halogens is 1. The Hall–Kier alpha value is -3.65. The summed E-state index contributed by atoms with van der Waals surface area (Å²) in [7, 11) is 0. The summed E-state index contributed by atoms with van der Waals surface area (Å²) in [5.74, 6) is 0.938. The summed E-state index contributed by atoms with van der Waals surface area (Å²) < 4.78 is 12.7. The number of hydrogen-bond acceptors (Lipinski definition) is 6. The molecule has 0 saturated carbocycles. The van der Waals surface area contributed by atoms with Crippen LogP contribution in [0.1, 0.15) is 32.9 Å². The van der Waals surface area contributed by atoms with Crippen LogP contribution in [-0.2, 0) is 13.2 Å². The highest BCUT2D eigenvalue weighted by Crippen LogP contribution is 2.21. The van der Waals surface area contributed by atoms with Crippen molar-refractivity contribution in [2.24, 2.45) is 0 Å². The van der Waals surface area contributed by atoms with Gasteiger partial charge in [-0.25, -0.2) is 9.67 Å². The van der Waals surface area contributed by atoms with Gasteiger partial charge < -0.3 is 9.26 Å². The second-order valence-electron chi connectivity index (χ2n) is 6.97. The molecule has 2 aromatic carbocycles. The molecule has 1 N–H and O–H groups in total. The van der Waals surface area contributed by atoms with Crippen molar-refractivity contribution in [3.05, 3.63) is 88.0 Å². The van der Waals surface area contributed by atoms with E-state index in [1.807, 2.05) is 49.4 Å². The van der Waals surface area contributed by atoms with E-state index in [4.69, 9.17) is 20.9 Å². The predicted octanol–water partition coefficient (Wildman–Crippen LogP) is 4.42. The van der Waals surface area contributed by atoms with Gasteiger partial charge in [0.25, 0.3) is 5.91 Å². The number of rotatable bonds is 7. The number of carbonyl (C=O) groups is 1. The molecule has 0 unspecified atom stereocenters. The van der Waals surface area contributed by atoms with E-state index in [9.17, 15) is 4.79 Å². The van der Waals surface area contributed by atoms with Crippen molar-refractivity contribution in [3.63, 3.8) is 0 Å². The molecule has 2 heterocycles. The van der Waals surface area contributed by atoms with Gasteiger partial charge in [0.2, 0.25) is 5.95 Å². The van der Waals surface area contributed by atoms with Gasteiger partial charge in [-0.15, -0.1) is 5.10 Å². The van der Waals surface area contributed by atoms with Crippen molar-refractivity contribution in [1.82, 2.24) is 19.9 Å². The van der Waals surface area contributed by atoms with Crippen molar-refractivity contribution < 1.29 is 14.1 Å². The van der Waals surface area contributed by atoms with Crippen LogP contribution in [0.25, 0.3) is 0 Å². The highest BCUT2D eigenvalue weighted by molar-refractivity contribution is 6.30. The molecule has 0 aliphatic heterocycles. The maximum absolute atomic E-state index is 12.7. The first-order chi connectivity index (χ1) is 15.0. The number of hydrogen-bond donors (Lipinski definition) is 1. The van der Waals surface area contributed by atoms with Gasteiger partial charge >= 0.3 is 0 Å². The Kier molecular flexibility index (Phi) is 5.99. The Morgan fingerprint density at radius 2 is 2.03 bits per heavy atom. The first-order valence-electron chi connectivity index (χ1n) is 9.58. The molecule has 0 atom stereocenters. The van der Waals surface area contributed by atoms with Crippen LogP contribution < -0.4 is 10.1 Å². The minimum absolute atomic E-state index is 0.136. The van der Waals surface area contributed by atoms with E-state index in [0.717, 1.165) is 16.9 Å². The maximum atomic E-state index is 12.7. The largest absolute Gasteiger partial charge is 0.488 e. The summed E-state index contributed by atoms with van der Waals surface area (Å²) >= 11 is 6.01. The lowest BCUT2D eigenvalue weighted by molar-refractivity contribution is 0.101. The fourth-order valence-electron chi connectivity index (χ4n) is 3.02. The third-order valence-corrected chi connectivity index (χ3v) is 4.90. The van der Waals surface area contributed by atoms with E-state index < -0.39 is 5.91 Å². The van der Waals surface area contributed by atoms with Crippen LogP contribution in [0.5, 0.6) is 5.75 Å². The number of anilines is 1. The lowest BCUT2D eigenvalue weighted by atomic mass is 10.2. The molecule has 158 valence electrons. The SMILES string of the molecule is Cc1ccccc1OCc1c(C(=O)Nc2ncn(Cc3cccc(Cl)c3)n2)noc1C. The molecule has 0 aliphatic rings. The molecular weight excluding hydrogens is 418 g/mol. The highest BCUT2D eigenvalue weighted by atomic mass is 35.5. The number of aryl methyl sites for hydroxylation is 2. The lowest BCUT2D eigenvalue weighted by Gasteiger charge is -2.08. The monoisotopic (exact) mass is 437 g/mol. The quantitative estimate of drug-likeness (QED) is 0.460. The van der Waals surface area contributed by atoms with Crippen LogP contribution in [0.4, 0.5) is 5.95 Å². The third kappa shape index (κ3) is 4.92. The van der Waals surface area contributed by atoms with E-state index in [0.29, 0.717) is 22.9 Å². The minimum Gasteiger partial charge on any atom is -0.488 e. The van der Waals surface area contributed by atoms with Crippen molar-refractivity contribution in [3.8, 4) is 5.75 Å². The Morgan fingerprint density at radius 1 is 1.19 bits per heavy atom. The number of benzene rings is 2. The molecule has 0 radical (unpaired) electrons. The van der Waals surface area contributed by atoms with E-state index in [2.05, 4.69) is 20.6 Å². The number of carbonyl (C=O) groups excluding carboxylic acids is 1. The van der Waals surface area contributed by atoms with Crippen molar-refractivity contribution in [1.29, 1.82) is 0 Å². The topological polar surface area (TPSA) is 95.1 Å². The molecule has 2 aromatic heterocycles. The number of ether oxygens (including phenoxy) is 1. The smallest absolute Gasteiger partial charge is 0.280 e. The predicted molar refractivity (Wildman–Crippen MR) is 115 cm³/mol. The Morgan fingerprint density at radius 3 is 2.84 bits per heavy atom. The van der Waals surface area contributed by atoms with Crippen LogP contribution in [0.3, 0.4) is 0 Å². The molecule has 0 bridgehead atoms. The molecule has 31 heavy (non-hydrogen) atoms. The number of para-hydroxylation sites is 1. The van der Waals surface area contributed by atoms with Gasteiger partial charge in [0.15, 0.2) is 5.69 Å². The number of nitrogens with one attached hydrogen (secondary N) is 1. The third-order valence-electron chi connectivity index (χ3n) is 4.66. The normalized spacial score (nSPS) is 10.8. The number of aromatic nitrogens is 4. The zero-order valence-corrected chi connectivity index (χ0v) is 17.8. The van der Waals surface area contributed by atoms with Gasteiger partial charge in [-0.2, -0.15) is 0 Å². The first kappa shape index (κ1) is 20.6. The summed E-state index contributed by atoms with van der Waals surface area (Å²) in [5, 5.41) is 11.5. The lowest BCUT2D eigenvalue weighted by Crippen LogP contribution is -2.16. The summed E-state index contributed by atoms with van der Waals surface area (Å²) in [6.07, 6.45) is 1.53. The molecule has 0 aliphatic carbocycles. The van der Waals surface area contributed by atoms with Crippen LogP contribution in [0.15, 0.2) is 59.4 Å². The minimum atomic E-state index is -0.472. The number of nitrogens with zero attached hydrogens (tertiary/aromatic N) is 4. The second kappa shape index (κ2) is 9.01. The summed E-state index contributed by atoms with van der Waals surface area (Å²) in [6.45, 7) is 4.31. The zero-order valence-electron chi connectivity index (χ0n) is 17.0. The van der Waals surface area contributed by atoms with Gasteiger partial charge in [0, 0.05) is 5.02 Å². The van der Waals surface area contributed by atoms with E-state index in [1.54, 1.807) is 17.7 Å². The number of amides is 1. The van der Waals surface area contributed by atoms with Crippen molar-refractivity contribution >= 4 is 23.5 Å². The van der Waals surface area contributed by atoms with Crippen LogP contribution in [0.2, 0.25) is 5.02 Å². The Labute approximate surface area is 183 Å². The average Bonchev–Trinajstić information content (AvgIpc) is 3.33. The van der Waals surface area contributed by atoms with E-state index in [-0.39, 0.29) is 18.2 Å². The van der Waals surface area contributed by atoms with E-state index >= 15 is 0 Å². The van der Waals surface area contributed by atoms with Crippen molar-refractivity contribution in [2.45, 2.75) is 27.0 Å². The zero-order chi connectivity index (χ0) is 21.8. The fourth-order valence-corrected chi connectivity index (χ4v) is 3.23. The van der Waals surface area contributed by atoms with Gasteiger partial charge in [0.1, 0.15) is 24.4 Å². The van der Waals surface area contributed by atoms with Gasteiger partial charge in [-0.05, 0) is 43.2 Å². The van der Waals surface area contributed by atoms with Crippen molar-refractivity contribution in [2.75, 3.05) is 5.32 Å². The molecular formula is C22H20ClN5O3. The van der Waals surface area contributed by atoms with Gasteiger partial charge in [0.05, 0.1) is 12.1 Å². The van der Waals surface area contributed by atoms with Gasteiger partial charge in [-0.3, -0.25) is 10.1 Å². The molecule has 4 aromatic rings.